The first kappa shape index (κ1) is 28.5. The molecule has 0 saturated heterocycles. The van der Waals surface area contributed by atoms with Crippen LogP contribution in [0.5, 0.6) is 0 Å². The molecule has 1 aliphatic carbocycles. The Morgan fingerprint density at radius 1 is 1.05 bits per heavy atom. The molecular weight excluding hydrogens is 550 g/mol. The van der Waals surface area contributed by atoms with Crippen LogP contribution in [0.3, 0.4) is 0 Å². The predicted molar refractivity (Wildman–Crippen MR) is 162 cm³/mol. The molecule has 0 aliphatic heterocycles. The number of fused-ring (bicyclic) bond motifs is 1. The van der Waals surface area contributed by atoms with Crippen LogP contribution in [0, 0.1) is 24.5 Å². The highest BCUT2D eigenvalue weighted by molar-refractivity contribution is 5.92. The summed E-state index contributed by atoms with van der Waals surface area (Å²) in [6.45, 7) is 2.53. The number of hydrogen-bond acceptors (Lipinski definition) is 4. The molecule has 1 fully saturated rings. The normalized spacial score (nSPS) is 18.3. The minimum atomic E-state index is -0.888. The third-order valence-electron chi connectivity index (χ3n) is 8.45. The van der Waals surface area contributed by atoms with Crippen LogP contribution in [0.4, 0.5) is 19.4 Å². The highest BCUT2D eigenvalue weighted by Crippen LogP contribution is 2.41. The third-order valence-corrected chi connectivity index (χ3v) is 8.45. The number of para-hydroxylation sites is 1. The lowest BCUT2D eigenvalue weighted by Gasteiger charge is -2.22. The van der Waals surface area contributed by atoms with Gasteiger partial charge in [-0.3, -0.25) is 10.00 Å². The number of carbonyl (C=O) groups excluding carboxylic acids is 1. The van der Waals surface area contributed by atoms with E-state index in [0.29, 0.717) is 24.4 Å². The van der Waals surface area contributed by atoms with Gasteiger partial charge in [0.05, 0.1) is 23.1 Å². The number of aromatic nitrogens is 4. The fourth-order valence-electron chi connectivity index (χ4n) is 6.23. The lowest BCUT2D eigenvalue weighted by Crippen LogP contribution is -2.40. The average molecular weight is 585 g/mol. The smallest absolute Gasteiger partial charge is 0.320 e. The van der Waals surface area contributed by atoms with E-state index in [1.807, 2.05) is 73.4 Å². The highest BCUT2D eigenvalue weighted by atomic mass is 19.2. The van der Waals surface area contributed by atoms with E-state index < -0.39 is 11.6 Å². The third kappa shape index (κ3) is 5.75. The lowest BCUT2D eigenvalue weighted by atomic mass is 9.93. The quantitative estimate of drug-likeness (QED) is 0.212. The second-order valence-electron chi connectivity index (χ2n) is 11.2. The number of carbonyl (C=O) groups is 1. The Bertz CT molecular complexity index is 1770. The minimum Gasteiger partial charge on any atom is -0.385 e. The van der Waals surface area contributed by atoms with Crippen LogP contribution in [-0.2, 0) is 11.8 Å². The number of aryl methyl sites for hydroxylation is 1. The molecule has 2 aromatic heterocycles. The molecule has 1 saturated carbocycles. The summed E-state index contributed by atoms with van der Waals surface area (Å²) in [7, 11) is 3.56. The van der Waals surface area contributed by atoms with Gasteiger partial charge in [-0.25, -0.2) is 18.3 Å². The maximum absolute atomic E-state index is 14.2. The molecule has 43 heavy (non-hydrogen) atoms. The van der Waals surface area contributed by atoms with E-state index in [1.165, 1.54) is 6.07 Å². The number of rotatable bonds is 8. The van der Waals surface area contributed by atoms with Crippen LogP contribution in [0.15, 0.2) is 72.9 Å². The van der Waals surface area contributed by atoms with E-state index >= 15 is 0 Å². The molecule has 5 aromatic rings. The van der Waals surface area contributed by atoms with Crippen molar-refractivity contribution in [1.29, 1.82) is 0 Å². The summed E-state index contributed by atoms with van der Waals surface area (Å²) in [5.41, 5.74) is 4.94. The number of urea groups is 1. The molecule has 0 spiro atoms. The number of anilines is 1. The highest BCUT2D eigenvalue weighted by Gasteiger charge is 2.36. The lowest BCUT2D eigenvalue weighted by molar-refractivity contribution is 0.177. The maximum Gasteiger partial charge on any atom is 0.320 e. The Labute approximate surface area is 248 Å². The number of ether oxygens (including phenoxy) is 1. The van der Waals surface area contributed by atoms with Crippen molar-refractivity contribution in [3.05, 3.63) is 95.7 Å². The summed E-state index contributed by atoms with van der Waals surface area (Å²) in [5, 5.41) is 16.5. The predicted octanol–water partition coefficient (Wildman–Crippen LogP) is 6.73. The molecule has 8 nitrogen and oxygen atoms in total. The van der Waals surface area contributed by atoms with Gasteiger partial charge in [0.25, 0.3) is 0 Å². The van der Waals surface area contributed by atoms with Gasteiger partial charge in [-0.15, -0.1) is 0 Å². The van der Waals surface area contributed by atoms with Crippen molar-refractivity contribution in [3.8, 4) is 16.9 Å². The standard InChI is InChI=1S/C33H34F2N6O2/c1-20-31(23-10-12-30-24(17-23)19-36-40(30)2)39-41(25-7-5-4-6-8-25)32(20)38-33(42)37-29-16-21(13-14-43-3)15-26(29)22-9-11-27(34)28(35)18-22/h4-12,17-19,21,26,29H,13-16H2,1-3H3,(H2,37,38,42)/t21-,26-,29+/m0/s1. The van der Waals surface area contributed by atoms with Gasteiger partial charge < -0.3 is 10.1 Å². The van der Waals surface area contributed by atoms with Gasteiger partial charge in [-0.2, -0.15) is 10.2 Å². The largest absolute Gasteiger partial charge is 0.385 e. The van der Waals surface area contributed by atoms with Crippen LogP contribution >= 0.6 is 0 Å². The monoisotopic (exact) mass is 584 g/mol. The summed E-state index contributed by atoms with van der Waals surface area (Å²) in [6.07, 6.45) is 4.08. The van der Waals surface area contributed by atoms with Gasteiger partial charge in [0.1, 0.15) is 5.82 Å². The molecule has 0 bridgehead atoms. The van der Waals surface area contributed by atoms with Crippen molar-refractivity contribution < 1.29 is 18.3 Å². The van der Waals surface area contributed by atoms with Crippen LogP contribution < -0.4 is 10.6 Å². The molecule has 2 amide bonds. The van der Waals surface area contributed by atoms with E-state index in [9.17, 15) is 13.6 Å². The molecule has 6 rings (SSSR count). The molecule has 3 atom stereocenters. The molecule has 222 valence electrons. The van der Waals surface area contributed by atoms with E-state index in [1.54, 1.807) is 17.9 Å². The van der Waals surface area contributed by atoms with Crippen molar-refractivity contribution >= 4 is 22.8 Å². The zero-order valence-electron chi connectivity index (χ0n) is 24.3. The number of hydrogen-bond donors (Lipinski definition) is 2. The van der Waals surface area contributed by atoms with Gasteiger partial charge in [0.2, 0.25) is 0 Å². The fourth-order valence-corrected chi connectivity index (χ4v) is 6.23. The number of methoxy groups -OCH3 is 1. The van der Waals surface area contributed by atoms with Crippen LogP contribution in [-0.4, -0.2) is 45.4 Å². The molecular formula is C33H34F2N6O2. The van der Waals surface area contributed by atoms with Gasteiger partial charge >= 0.3 is 6.03 Å². The number of benzene rings is 3. The maximum atomic E-state index is 14.2. The van der Waals surface area contributed by atoms with E-state index in [4.69, 9.17) is 9.84 Å². The summed E-state index contributed by atoms with van der Waals surface area (Å²) in [5.74, 6) is -1.12. The second kappa shape index (κ2) is 12.0. The van der Waals surface area contributed by atoms with E-state index in [2.05, 4.69) is 15.7 Å². The van der Waals surface area contributed by atoms with Crippen molar-refractivity contribution in [2.75, 3.05) is 19.0 Å². The Hall–Kier alpha value is -4.57. The molecule has 0 unspecified atom stereocenters. The van der Waals surface area contributed by atoms with Gasteiger partial charge in [0, 0.05) is 49.2 Å². The molecule has 1 aliphatic rings. The van der Waals surface area contributed by atoms with E-state index in [0.717, 1.165) is 52.3 Å². The first-order valence-corrected chi connectivity index (χ1v) is 14.4. The Morgan fingerprint density at radius 2 is 1.86 bits per heavy atom. The summed E-state index contributed by atoms with van der Waals surface area (Å²) >= 11 is 0. The fraction of sp³-hybridized carbons (Fsp3) is 0.303. The van der Waals surface area contributed by atoms with Crippen LogP contribution in [0.1, 0.15) is 36.3 Å². The van der Waals surface area contributed by atoms with E-state index in [-0.39, 0.29) is 23.9 Å². The number of nitrogens with one attached hydrogen (secondary N) is 2. The number of amides is 2. The van der Waals surface area contributed by atoms with Crippen molar-refractivity contribution in [2.24, 2.45) is 13.0 Å². The zero-order valence-corrected chi connectivity index (χ0v) is 24.3. The average Bonchev–Trinajstić information content (AvgIpc) is 3.69. The van der Waals surface area contributed by atoms with Gasteiger partial charge in [-0.1, -0.05) is 30.3 Å². The molecule has 2 N–H and O–H groups in total. The minimum absolute atomic E-state index is 0.162. The SMILES string of the molecule is COCC[C@@H]1C[C@@H](NC(=O)Nc2c(C)c(-c3ccc4c(cnn4C)c3)nn2-c2ccccc2)[C@H](c2ccc(F)c(F)c2)C1. The van der Waals surface area contributed by atoms with Crippen LogP contribution in [0.25, 0.3) is 27.8 Å². The topological polar surface area (TPSA) is 86.0 Å². The Balaban J connectivity index is 1.30. The first-order valence-electron chi connectivity index (χ1n) is 14.4. The van der Waals surface area contributed by atoms with Crippen molar-refractivity contribution in [3.63, 3.8) is 0 Å². The number of halogens is 2. The first-order chi connectivity index (χ1) is 20.8. The molecule has 3 aromatic carbocycles. The van der Waals surface area contributed by atoms with Crippen molar-refractivity contribution in [2.45, 2.75) is 38.1 Å². The molecule has 0 radical (unpaired) electrons. The number of nitrogens with zero attached hydrogens (tertiary/aromatic N) is 4. The zero-order chi connectivity index (χ0) is 30.1. The summed E-state index contributed by atoms with van der Waals surface area (Å²) < 4.78 is 36.7. The Morgan fingerprint density at radius 3 is 2.63 bits per heavy atom. The van der Waals surface area contributed by atoms with Gasteiger partial charge in [0.15, 0.2) is 11.6 Å². The Kier molecular flexibility index (Phi) is 7.94. The summed E-state index contributed by atoms with van der Waals surface area (Å²) in [4.78, 5) is 13.6. The second-order valence-corrected chi connectivity index (χ2v) is 11.2. The summed E-state index contributed by atoms with van der Waals surface area (Å²) in [6, 6.07) is 19.0. The molecule has 2 heterocycles. The molecule has 10 heteroatoms. The van der Waals surface area contributed by atoms with Gasteiger partial charge in [-0.05, 0) is 74.1 Å². The van der Waals surface area contributed by atoms with Crippen LogP contribution in [0.2, 0.25) is 0 Å². The van der Waals surface area contributed by atoms with Crippen molar-refractivity contribution in [1.82, 2.24) is 24.9 Å².